The van der Waals surface area contributed by atoms with Crippen molar-refractivity contribution < 1.29 is 33.1 Å². The maximum absolute atomic E-state index is 14.7. The smallest absolute Gasteiger partial charge is 0.262 e. The van der Waals surface area contributed by atoms with E-state index in [-0.39, 0.29) is 41.3 Å². The number of piperazine rings is 1. The Kier molecular flexibility index (Phi) is 10.4. The van der Waals surface area contributed by atoms with E-state index < -0.39 is 58.5 Å². The summed E-state index contributed by atoms with van der Waals surface area (Å²) in [7, 11) is 0. The normalized spacial score (nSPS) is 23.8. The molecule has 1 atom stereocenters. The van der Waals surface area contributed by atoms with Crippen LogP contribution in [-0.4, -0.2) is 118 Å². The molecule has 1 aliphatic carbocycles. The van der Waals surface area contributed by atoms with Gasteiger partial charge in [-0.1, -0.05) is 27.7 Å². The highest BCUT2D eigenvalue weighted by Gasteiger charge is 2.68. The van der Waals surface area contributed by atoms with Crippen molar-refractivity contribution in [3.05, 3.63) is 89.0 Å². The van der Waals surface area contributed by atoms with E-state index in [0.29, 0.717) is 41.2 Å². The van der Waals surface area contributed by atoms with Crippen molar-refractivity contribution in [2.75, 3.05) is 55.6 Å². The molecule has 3 saturated heterocycles. The van der Waals surface area contributed by atoms with Crippen LogP contribution in [0.1, 0.15) is 90.0 Å². The van der Waals surface area contributed by atoms with Crippen LogP contribution >= 0.6 is 0 Å². The van der Waals surface area contributed by atoms with Gasteiger partial charge in [-0.05, 0) is 73.7 Å². The molecular formula is C47H50FN9O6. The number of hydrogen-bond acceptors (Lipinski definition) is 12. The number of likely N-dealkylation sites (tertiary alicyclic amines) is 1. The average Bonchev–Trinajstić information content (AvgIpc) is 3.52. The number of piperidine rings is 2. The number of carbonyl (C=O) groups is 5. The highest BCUT2D eigenvalue weighted by molar-refractivity contribution is 6.23. The summed E-state index contributed by atoms with van der Waals surface area (Å²) in [5.41, 5.74) is 6.13. The summed E-state index contributed by atoms with van der Waals surface area (Å²) in [5.74, 6) is -2.04. The van der Waals surface area contributed by atoms with Crippen molar-refractivity contribution in [2.24, 2.45) is 22.5 Å². The monoisotopic (exact) mass is 855 g/mol. The van der Waals surface area contributed by atoms with Crippen LogP contribution in [0.5, 0.6) is 5.75 Å². The number of benzene rings is 2. The predicted octanol–water partition coefficient (Wildman–Crippen LogP) is 4.77. The summed E-state index contributed by atoms with van der Waals surface area (Å²) in [6.45, 7) is 13.1. The maximum atomic E-state index is 14.7. The summed E-state index contributed by atoms with van der Waals surface area (Å²) in [4.78, 5) is 85.3. The second kappa shape index (κ2) is 15.7. The Labute approximate surface area is 364 Å². The van der Waals surface area contributed by atoms with E-state index in [1.807, 2.05) is 44.7 Å². The first kappa shape index (κ1) is 41.9. The highest BCUT2D eigenvalue weighted by Crippen LogP contribution is 2.59. The first-order chi connectivity index (χ1) is 30.1. The Balaban J connectivity index is 0.832. The van der Waals surface area contributed by atoms with Gasteiger partial charge in [-0.15, -0.1) is 0 Å². The number of aromatic nitrogens is 2. The van der Waals surface area contributed by atoms with Crippen molar-refractivity contribution in [2.45, 2.75) is 71.6 Å². The van der Waals surface area contributed by atoms with Gasteiger partial charge < -0.3 is 20.3 Å². The number of imide groups is 2. The number of nitrogens with zero attached hydrogens (tertiary/aromatic N) is 8. The summed E-state index contributed by atoms with van der Waals surface area (Å²) in [6.07, 6.45) is 4.30. The fourth-order valence-corrected chi connectivity index (χ4v) is 11.2. The fourth-order valence-electron chi connectivity index (χ4n) is 11.2. The molecular weight excluding hydrogens is 806 g/mol. The number of rotatable bonds is 9. The molecule has 16 heteroatoms. The number of pyridine rings is 2. The van der Waals surface area contributed by atoms with E-state index in [2.05, 4.69) is 25.8 Å². The van der Waals surface area contributed by atoms with Gasteiger partial charge in [-0.25, -0.2) is 9.37 Å². The molecule has 1 saturated carbocycles. The number of nitrogens with two attached hydrogens (primary N) is 1. The second-order valence-electron chi connectivity index (χ2n) is 18.6. The average molecular weight is 856 g/mol. The molecule has 1 unspecified atom stereocenters. The van der Waals surface area contributed by atoms with E-state index >= 15 is 0 Å². The van der Waals surface area contributed by atoms with Crippen LogP contribution in [0.25, 0.3) is 10.9 Å². The van der Waals surface area contributed by atoms with Crippen LogP contribution < -0.4 is 20.3 Å². The minimum Gasteiger partial charge on any atom is -0.488 e. The second-order valence-corrected chi connectivity index (χ2v) is 18.6. The molecule has 4 aliphatic heterocycles. The van der Waals surface area contributed by atoms with Crippen molar-refractivity contribution in [1.82, 2.24) is 24.7 Å². The lowest BCUT2D eigenvalue weighted by molar-refractivity contribution is -0.215. The van der Waals surface area contributed by atoms with Gasteiger partial charge in [0.25, 0.3) is 17.7 Å². The topological polar surface area (TPSA) is 186 Å². The summed E-state index contributed by atoms with van der Waals surface area (Å²) < 4.78 is 21.4. The van der Waals surface area contributed by atoms with Gasteiger partial charge in [0.05, 0.1) is 33.8 Å². The van der Waals surface area contributed by atoms with Crippen LogP contribution in [0.2, 0.25) is 0 Å². The number of primary amides is 1. The molecule has 5 amide bonds. The van der Waals surface area contributed by atoms with E-state index in [1.54, 1.807) is 36.5 Å². The summed E-state index contributed by atoms with van der Waals surface area (Å²) >= 11 is 0. The first-order valence-corrected chi connectivity index (χ1v) is 21.6. The summed E-state index contributed by atoms with van der Waals surface area (Å²) in [5, 5.41) is 10.3. The molecule has 0 spiro atoms. The molecule has 0 radical (unpaired) electrons. The van der Waals surface area contributed by atoms with Gasteiger partial charge >= 0.3 is 0 Å². The fraction of sp³-hybridized carbons (Fsp3) is 0.447. The predicted molar refractivity (Wildman–Crippen MR) is 230 cm³/mol. The van der Waals surface area contributed by atoms with Gasteiger partial charge in [0.1, 0.15) is 24.0 Å². The van der Waals surface area contributed by atoms with Crippen LogP contribution in [0.15, 0.2) is 60.9 Å². The molecule has 0 bridgehead atoms. The zero-order valence-corrected chi connectivity index (χ0v) is 35.8. The molecule has 5 aliphatic rings. The number of carbonyl (C=O) groups excluding carboxylic acids is 5. The molecule has 2 N–H and O–H groups in total. The van der Waals surface area contributed by atoms with Gasteiger partial charge in [-0.2, -0.15) is 5.26 Å². The Morgan fingerprint density at radius 3 is 2.27 bits per heavy atom. The number of hydrogen-bond donors (Lipinski definition) is 1. The van der Waals surface area contributed by atoms with Crippen molar-refractivity contribution in [3.8, 4) is 11.8 Å². The minimum absolute atomic E-state index is 0.000517. The molecule has 4 aromatic rings. The van der Waals surface area contributed by atoms with E-state index in [1.165, 1.54) is 11.1 Å². The first-order valence-electron chi connectivity index (χ1n) is 21.6. The number of nitriles is 1. The van der Waals surface area contributed by atoms with Gasteiger partial charge in [-0.3, -0.25) is 43.7 Å². The van der Waals surface area contributed by atoms with E-state index in [4.69, 9.17) is 10.5 Å². The SMILES string of the molecule is CC1(C)C(Oc2ccc(C#N)c3ncccc23)C(C)(C)C1N1C(=O)CCC(N2C(=O)c3ccc(N4CCN(CC5CCN(c6ncc(C(N)=O)cc6F)CC5)CC4)cc3C2=O)C1=O. The number of anilines is 2. The van der Waals surface area contributed by atoms with Crippen LogP contribution in [-0.2, 0) is 9.59 Å². The third-order valence-corrected chi connectivity index (χ3v) is 14.0. The van der Waals surface area contributed by atoms with E-state index in [9.17, 15) is 33.6 Å². The molecule has 15 nitrogen and oxygen atoms in total. The highest BCUT2D eigenvalue weighted by atomic mass is 19.1. The number of halogens is 1. The standard InChI is InChI=1S/C47H50FN9O6/c1-46(2)44(47(3,4)45(46)63-36-11-7-28(24-49)38-32(36)6-5-15-51-38)57-37(58)12-10-35(43(57)62)56-41(60)31-9-8-30(23-33(31)42(56)61)54-20-18-53(19-21-54)26-27-13-16-55(17-14-27)40-34(48)22-29(25-52-40)39(50)59/h5-9,11,15,22-23,25,27,35,44-45H,10,12-14,16-21,26H2,1-4H3,(H2,50,59). The molecule has 2 aromatic heterocycles. The van der Waals surface area contributed by atoms with E-state index in [0.717, 1.165) is 62.2 Å². The Morgan fingerprint density at radius 2 is 1.59 bits per heavy atom. The lowest BCUT2D eigenvalue weighted by Crippen LogP contribution is -2.77. The number of amides is 5. The lowest BCUT2D eigenvalue weighted by Gasteiger charge is -2.66. The lowest BCUT2D eigenvalue weighted by atomic mass is 9.48. The molecule has 6 heterocycles. The van der Waals surface area contributed by atoms with Crippen LogP contribution in [0.3, 0.4) is 0 Å². The number of ether oxygens (including phenoxy) is 1. The zero-order chi connectivity index (χ0) is 44.5. The third kappa shape index (κ3) is 7.02. The Bertz CT molecular complexity index is 2600. The molecule has 63 heavy (non-hydrogen) atoms. The Morgan fingerprint density at radius 1 is 0.873 bits per heavy atom. The van der Waals surface area contributed by atoms with Gasteiger partial charge in [0, 0.05) is 86.5 Å². The molecule has 4 fully saturated rings. The minimum atomic E-state index is -1.13. The molecule has 9 rings (SSSR count). The maximum Gasteiger partial charge on any atom is 0.262 e. The van der Waals surface area contributed by atoms with Gasteiger partial charge in [0.15, 0.2) is 11.6 Å². The largest absolute Gasteiger partial charge is 0.488 e. The van der Waals surface area contributed by atoms with Gasteiger partial charge in [0.2, 0.25) is 11.8 Å². The van der Waals surface area contributed by atoms with Crippen molar-refractivity contribution in [1.29, 1.82) is 5.26 Å². The molecule has 326 valence electrons. The number of fused-ring (bicyclic) bond motifs is 2. The Hall–Kier alpha value is -6.47. The van der Waals surface area contributed by atoms with Crippen LogP contribution in [0, 0.1) is 33.9 Å². The summed E-state index contributed by atoms with van der Waals surface area (Å²) in [6, 6.07) is 13.9. The quantitative estimate of drug-likeness (QED) is 0.228. The van der Waals surface area contributed by atoms with Crippen molar-refractivity contribution in [3.63, 3.8) is 0 Å². The van der Waals surface area contributed by atoms with Crippen LogP contribution in [0.4, 0.5) is 15.9 Å². The van der Waals surface area contributed by atoms with Crippen molar-refractivity contribution >= 4 is 51.9 Å². The zero-order valence-electron chi connectivity index (χ0n) is 35.8. The molecule has 2 aromatic carbocycles. The third-order valence-electron chi connectivity index (χ3n) is 14.0.